The number of nitrogens with one attached hydrogen (secondary N) is 1. The number of hydrogen-bond donors (Lipinski definition) is 1. The number of hydrazone groups is 1. The molecular formula is C16H12BrF3N6O2S. The summed E-state index contributed by atoms with van der Waals surface area (Å²) in [6.45, 7) is 1.70. The molecule has 0 fully saturated rings. The standard InChI is InChI=1S/C16H12BrF3N6O2S/c1-8-11(15(26(2)24-8)28-10-5-3-4-9(17)6-10)7-21-23-14(27)12-13(16(18,19)20)22-25-29-12/h3-7H,1-2H3,(H,23,27). The largest absolute Gasteiger partial charge is 0.439 e. The summed E-state index contributed by atoms with van der Waals surface area (Å²) in [6.07, 6.45) is -3.54. The van der Waals surface area contributed by atoms with E-state index in [2.05, 4.69) is 35.7 Å². The smallest absolute Gasteiger partial charge is 0.436 e. The minimum absolute atomic E-state index is 0.332. The summed E-state index contributed by atoms with van der Waals surface area (Å²) in [4.78, 5) is 11.3. The van der Waals surface area contributed by atoms with E-state index in [1.165, 1.54) is 10.9 Å². The molecule has 2 aromatic heterocycles. The van der Waals surface area contributed by atoms with Gasteiger partial charge in [-0.3, -0.25) is 4.79 Å². The van der Waals surface area contributed by atoms with Crippen LogP contribution in [0.5, 0.6) is 11.6 Å². The Bertz CT molecular complexity index is 1080. The Hall–Kier alpha value is -2.80. The summed E-state index contributed by atoms with van der Waals surface area (Å²) in [5, 5.41) is 10.9. The number of rotatable bonds is 5. The van der Waals surface area contributed by atoms with Crippen molar-refractivity contribution in [2.75, 3.05) is 0 Å². The molecule has 0 radical (unpaired) electrons. The monoisotopic (exact) mass is 488 g/mol. The molecule has 8 nitrogen and oxygen atoms in total. The van der Waals surface area contributed by atoms with Crippen LogP contribution in [-0.2, 0) is 13.2 Å². The Kier molecular flexibility index (Phi) is 5.98. The van der Waals surface area contributed by atoms with Crippen molar-refractivity contribution in [2.45, 2.75) is 13.1 Å². The van der Waals surface area contributed by atoms with Crippen LogP contribution in [0.25, 0.3) is 0 Å². The molecule has 0 unspecified atom stereocenters. The number of benzene rings is 1. The van der Waals surface area contributed by atoms with Crippen LogP contribution in [0.3, 0.4) is 0 Å². The van der Waals surface area contributed by atoms with Crippen molar-refractivity contribution in [1.29, 1.82) is 0 Å². The van der Waals surface area contributed by atoms with Gasteiger partial charge in [0.15, 0.2) is 5.69 Å². The van der Waals surface area contributed by atoms with Gasteiger partial charge >= 0.3 is 6.18 Å². The van der Waals surface area contributed by atoms with Crippen LogP contribution in [0.1, 0.15) is 26.6 Å². The molecule has 0 saturated heterocycles. The van der Waals surface area contributed by atoms with Gasteiger partial charge in [-0.05, 0) is 36.7 Å². The number of aromatic nitrogens is 4. The molecule has 1 aromatic carbocycles. The van der Waals surface area contributed by atoms with Gasteiger partial charge in [0.2, 0.25) is 5.88 Å². The van der Waals surface area contributed by atoms with Gasteiger partial charge < -0.3 is 4.74 Å². The lowest BCUT2D eigenvalue weighted by Gasteiger charge is -2.07. The predicted octanol–water partition coefficient (Wildman–Crippen LogP) is 3.92. The zero-order chi connectivity index (χ0) is 21.2. The fraction of sp³-hybridized carbons (Fsp3) is 0.188. The first-order chi connectivity index (χ1) is 13.7. The summed E-state index contributed by atoms with van der Waals surface area (Å²) in [6, 6.07) is 7.12. The number of carbonyl (C=O) groups is 1. The third-order valence-electron chi connectivity index (χ3n) is 3.55. The molecule has 1 N–H and O–H groups in total. The van der Waals surface area contributed by atoms with E-state index < -0.39 is 22.7 Å². The van der Waals surface area contributed by atoms with Gasteiger partial charge in [0, 0.05) is 11.5 Å². The molecule has 3 aromatic rings. The number of alkyl halides is 3. The lowest BCUT2D eigenvalue weighted by Crippen LogP contribution is -2.21. The molecule has 29 heavy (non-hydrogen) atoms. The van der Waals surface area contributed by atoms with E-state index in [1.54, 1.807) is 32.2 Å². The summed E-state index contributed by atoms with van der Waals surface area (Å²) in [5.74, 6) is -0.194. The number of carbonyl (C=O) groups excluding carboxylic acids is 1. The molecule has 152 valence electrons. The van der Waals surface area contributed by atoms with Gasteiger partial charge in [-0.15, -0.1) is 5.10 Å². The normalized spacial score (nSPS) is 11.8. The number of hydrogen-bond acceptors (Lipinski definition) is 7. The molecule has 0 atom stereocenters. The Morgan fingerprint density at radius 3 is 2.86 bits per heavy atom. The molecule has 3 rings (SSSR count). The topological polar surface area (TPSA) is 94.3 Å². The van der Waals surface area contributed by atoms with Crippen molar-refractivity contribution in [3.8, 4) is 11.6 Å². The van der Waals surface area contributed by atoms with Crippen LogP contribution in [0, 0.1) is 6.92 Å². The van der Waals surface area contributed by atoms with Crippen molar-refractivity contribution in [3.63, 3.8) is 0 Å². The van der Waals surface area contributed by atoms with Crippen LogP contribution in [0.2, 0.25) is 0 Å². The number of amides is 1. The maximum atomic E-state index is 12.8. The van der Waals surface area contributed by atoms with Gasteiger partial charge in [-0.2, -0.15) is 23.4 Å². The van der Waals surface area contributed by atoms with Crippen LogP contribution in [0.15, 0.2) is 33.8 Å². The van der Waals surface area contributed by atoms with E-state index in [0.29, 0.717) is 34.4 Å². The molecule has 0 aliphatic heterocycles. The maximum absolute atomic E-state index is 12.8. The van der Waals surface area contributed by atoms with Gasteiger partial charge in [-0.25, -0.2) is 10.1 Å². The summed E-state index contributed by atoms with van der Waals surface area (Å²) < 4.78 is 49.8. The quantitative estimate of drug-likeness (QED) is 0.433. The fourth-order valence-electron chi connectivity index (χ4n) is 2.30. The Labute approximate surface area is 174 Å². The van der Waals surface area contributed by atoms with E-state index in [-0.39, 0.29) is 0 Å². The number of ether oxygens (including phenoxy) is 1. The van der Waals surface area contributed by atoms with Crippen molar-refractivity contribution in [1.82, 2.24) is 24.8 Å². The molecule has 2 heterocycles. The van der Waals surface area contributed by atoms with Crippen LogP contribution >= 0.6 is 27.5 Å². The van der Waals surface area contributed by atoms with Crippen molar-refractivity contribution in [2.24, 2.45) is 12.1 Å². The first-order valence-corrected chi connectivity index (χ1v) is 9.43. The number of halogens is 4. The van der Waals surface area contributed by atoms with Gasteiger partial charge in [0.05, 0.1) is 17.5 Å². The Morgan fingerprint density at radius 2 is 2.17 bits per heavy atom. The maximum Gasteiger partial charge on any atom is 0.436 e. The van der Waals surface area contributed by atoms with Crippen LogP contribution in [-0.4, -0.2) is 31.5 Å². The van der Waals surface area contributed by atoms with E-state index in [1.807, 2.05) is 11.5 Å². The average Bonchev–Trinajstić information content (AvgIpc) is 3.22. The zero-order valence-electron chi connectivity index (χ0n) is 14.9. The first-order valence-electron chi connectivity index (χ1n) is 7.86. The van der Waals surface area contributed by atoms with Crippen LogP contribution < -0.4 is 10.2 Å². The highest BCUT2D eigenvalue weighted by atomic mass is 79.9. The lowest BCUT2D eigenvalue weighted by atomic mass is 10.3. The van der Waals surface area contributed by atoms with Gasteiger partial charge in [0.1, 0.15) is 10.6 Å². The van der Waals surface area contributed by atoms with E-state index in [0.717, 1.165) is 4.47 Å². The molecule has 0 aliphatic rings. The molecule has 0 spiro atoms. The highest BCUT2D eigenvalue weighted by Crippen LogP contribution is 2.31. The Balaban J connectivity index is 1.79. The fourth-order valence-corrected chi connectivity index (χ4v) is 3.25. The Morgan fingerprint density at radius 1 is 1.41 bits per heavy atom. The molecule has 0 aliphatic carbocycles. The molecular weight excluding hydrogens is 477 g/mol. The zero-order valence-corrected chi connectivity index (χ0v) is 17.3. The van der Waals surface area contributed by atoms with E-state index in [4.69, 9.17) is 4.74 Å². The second-order valence-corrected chi connectivity index (χ2v) is 7.30. The predicted molar refractivity (Wildman–Crippen MR) is 102 cm³/mol. The second-order valence-electron chi connectivity index (χ2n) is 5.63. The molecule has 1 amide bonds. The third kappa shape index (κ3) is 4.79. The van der Waals surface area contributed by atoms with Crippen molar-refractivity contribution >= 4 is 39.6 Å². The summed E-state index contributed by atoms with van der Waals surface area (Å²) >= 11 is 3.68. The van der Waals surface area contributed by atoms with Gasteiger partial charge in [-0.1, -0.05) is 26.5 Å². The average molecular weight is 489 g/mol. The first kappa shape index (κ1) is 20.9. The van der Waals surface area contributed by atoms with Crippen molar-refractivity contribution < 1.29 is 22.7 Å². The highest BCUT2D eigenvalue weighted by Gasteiger charge is 2.39. The molecule has 0 saturated carbocycles. The SMILES string of the molecule is Cc1nn(C)c(Oc2cccc(Br)c2)c1C=NNC(=O)c1snnc1C(F)(F)F. The summed E-state index contributed by atoms with van der Waals surface area (Å²) in [5.41, 5.74) is 1.69. The second kappa shape index (κ2) is 8.29. The third-order valence-corrected chi connectivity index (χ3v) is 4.77. The van der Waals surface area contributed by atoms with E-state index >= 15 is 0 Å². The van der Waals surface area contributed by atoms with Crippen LogP contribution in [0.4, 0.5) is 13.2 Å². The summed E-state index contributed by atoms with van der Waals surface area (Å²) in [7, 11) is 1.66. The minimum atomic E-state index is -4.78. The lowest BCUT2D eigenvalue weighted by molar-refractivity contribution is -0.141. The minimum Gasteiger partial charge on any atom is -0.439 e. The molecule has 0 bridgehead atoms. The van der Waals surface area contributed by atoms with Gasteiger partial charge in [0.25, 0.3) is 5.91 Å². The van der Waals surface area contributed by atoms with E-state index in [9.17, 15) is 18.0 Å². The number of nitrogens with zero attached hydrogens (tertiary/aromatic N) is 5. The highest BCUT2D eigenvalue weighted by molar-refractivity contribution is 9.10. The number of aryl methyl sites for hydroxylation is 2. The van der Waals surface area contributed by atoms with Crippen molar-refractivity contribution in [3.05, 3.63) is 50.6 Å². The molecule has 13 heteroatoms.